The molecule has 2 amide bonds. The van der Waals surface area contributed by atoms with Crippen molar-refractivity contribution in [2.75, 3.05) is 20.1 Å². The summed E-state index contributed by atoms with van der Waals surface area (Å²) in [5, 5.41) is 0. The lowest BCUT2D eigenvalue weighted by atomic mass is 9.96. The van der Waals surface area contributed by atoms with Crippen LogP contribution in [0.3, 0.4) is 0 Å². The van der Waals surface area contributed by atoms with Gasteiger partial charge in [-0.3, -0.25) is 9.59 Å². The van der Waals surface area contributed by atoms with Crippen LogP contribution >= 0.6 is 0 Å². The summed E-state index contributed by atoms with van der Waals surface area (Å²) in [4.78, 5) is 27.7. The number of likely N-dealkylation sites (N-methyl/N-ethyl adjacent to an activating group) is 1. The lowest BCUT2D eigenvalue weighted by molar-refractivity contribution is -0.144. The highest BCUT2D eigenvalue weighted by Crippen LogP contribution is 2.25. The molecule has 0 saturated carbocycles. The number of piperazine rings is 1. The van der Waals surface area contributed by atoms with Gasteiger partial charge in [0.15, 0.2) is 0 Å². The Balaban J connectivity index is 2.35. The van der Waals surface area contributed by atoms with Gasteiger partial charge in [-0.25, -0.2) is 4.39 Å². The third-order valence-electron chi connectivity index (χ3n) is 3.80. The fraction of sp³-hybridized carbons (Fsp3) is 0.467. The molecule has 0 unspecified atom stereocenters. The molecule has 0 radical (unpaired) electrons. The predicted octanol–water partition coefficient (Wildman–Crippen LogP) is 1.83. The molecule has 108 valence electrons. The van der Waals surface area contributed by atoms with Crippen LogP contribution < -0.4 is 0 Å². The van der Waals surface area contributed by atoms with Gasteiger partial charge in [-0.1, -0.05) is 6.07 Å². The van der Waals surface area contributed by atoms with Crippen LogP contribution in [-0.4, -0.2) is 47.3 Å². The lowest BCUT2D eigenvalue weighted by Gasteiger charge is -2.44. The smallest absolute Gasteiger partial charge is 0.257 e. The van der Waals surface area contributed by atoms with Crippen molar-refractivity contribution in [2.45, 2.75) is 26.3 Å². The molecule has 20 heavy (non-hydrogen) atoms. The van der Waals surface area contributed by atoms with Gasteiger partial charge in [-0.05, 0) is 38.5 Å². The van der Waals surface area contributed by atoms with Gasteiger partial charge >= 0.3 is 0 Å². The van der Waals surface area contributed by atoms with Crippen LogP contribution in [0, 0.1) is 12.7 Å². The van der Waals surface area contributed by atoms with E-state index in [2.05, 4.69) is 0 Å². The highest BCUT2D eigenvalue weighted by atomic mass is 19.1. The Kier molecular flexibility index (Phi) is 3.54. The number of carbonyl (C=O) groups is 2. The average molecular weight is 278 g/mol. The van der Waals surface area contributed by atoms with Gasteiger partial charge in [0, 0.05) is 20.1 Å². The van der Waals surface area contributed by atoms with Crippen molar-refractivity contribution in [3.8, 4) is 0 Å². The first-order chi connectivity index (χ1) is 9.25. The number of aryl methyl sites for hydroxylation is 1. The summed E-state index contributed by atoms with van der Waals surface area (Å²) in [6.07, 6.45) is 0. The molecule has 0 aliphatic carbocycles. The molecule has 1 aromatic rings. The Morgan fingerprint density at radius 1 is 1.30 bits per heavy atom. The third kappa shape index (κ3) is 2.28. The Bertz CT molecular complexity index is 569. The van der Waals surface area contributed by atoms with Crippen LogP contribution in [0.1, 0.15) is 29.8 Å². The Labute approximate surface area is 118 Å². The minimum Gasteiger partial charge on any atom is -0.342 e. The molecule has 1 heterocycles. The average Bonchev–Trinajstić information content (AvgIpc) is 2.35. The monoisotopic (exact) mass is 278 g/mol. The molecular weight excluding hydrogens is 259 g/mol. The van der Waals surface area contributed by atoms with Gasteiger partial charge in [-0.2, -0.15) is 0 Å². The molecule has 1 saturated heterocycles. The molecule has 1 aliphatic heterocycles. The molecular formula is C15H19FN2O2. The summed E-state index contributed by atoms with van der Waals surface area (Å²) in [6.45, 7) is 6.01. The number of hydrogen-bond acceptors (Lipinski definition) is 2. The Morgan fingerprint density at radius 3 is 2.55 bits per heavy atom. The van der Waals surface area contributed by atoms with E-state index in [-0.39, 0.29) is 11.5 Å². The Hall–Kier alpha value is -1.91. The number of amides is 2. The summed E-state index contributed by atoms with van der Waals surface area (Å²) >= 11 is 0. The summed E-state index contributed by atoms with van der Waals surface area (Å²) in [5.41, 5.74) is -0.185. The van der Waals surface area contributed by atoms with E-state index in [0.717, 1.165) is 5.56 Å². The van der Waals surface area contributed by atoms with E-state index < -0.39 is 17.3 Å². The van der Waals surface area contributed by atoms with E-state index in [9.17, 15) is 14.0 Å². The maximum Gasteiger partial charge on any atom is 0.257 e. The molecule has 0 atom stereocenters. The minimum absolute atomic E-state index is 0.0148. The van der Waals surface area contributed by atoms with E-state index in [1.807, 2.05) is 0 Å². The topological polar surface area (TPSA) is 40.6 Å². The zero-order valence-electron chi connectivity index (χ0n) is 12.2. The second-order valence-corrected chi connectivity index (χ2v) is 5.73. The fourth-order valence-electron chi connectivity index (χ4n) is 2.51. The van der Waals surface area contributed by atoms with Gasteiger partial charge in [0.25, 0.3) is 5.91 Å². The summed E-state index contributed by atoms with van der Waals surface area (Å²) in [6, 6.07) is 4.51. The standard InChI is InChI=1S/C15H19FN2O2/c1-10-5-6-11(12(16)9-10)13(19)18-8-7-17(4)14(20)15(18,2)3/h5-6,9H,7-8H2,1-4H3. The number of hydrogen-bond donors (Lipinski definition) is 0. The Morgan fingerprint density at radius 2 is 1.95 bits per heavy atom. The van der Waals surface area contributed by atoms with Gasteiger partial charge in [0.05, 0.1) is 5.56 Å². The van der Waals surface area contributed by atoms with Gasteiger partial charge in [-0.15, -0.1) is 0 Å². The van der Waals surface area contributed by atoms with Crippen molar-refractivity contribution in [3.63, 3.8) is 0 Å². The zero-order chi connectivity index (χ0) is 15.1. The second-order valence-electron chi connectivity index (χ2n) is 5.73. The first kappa shape index (κ1) is 14.5. The maximum absolute atomic E-state index is 13.9. The first-order valence-corrected chi connectivity index (χ1v) is 6.59. The lowest BCUT2D eigenvalue weighted by Crippen LogP contribution is -2.63. The third-order valence-corrected chi connectivity index (χ3v) is 3.80. The van der Waals surface area contributed by atoms with Crippen molar-refractivity contribution in [1.82, 2.24) is 9.80 Å². The van der Waals surface area contributed by atoms with Crippen molar-refractivity contribution < 1.29 is 14.0 Å². The van der Waals surface area contributed by atoms with Crippen molar-refractivity contribution in [3.05, 3.63) is 35.1 Å². The largest absolute Gasteiger partial charge is 0.342 e. The van der Waals surface area contributed by atoms with E-state index in [1.165, 1.54) is 17.0 Å². The van der Waals surface area contributed by atoms with Crippen LogP contribution in [0.4, 0.5) is 4.39 Å². The fourth-order valence-corrected chi connectivity index (χ4v) is 2.51. The molecule has 1 aliphatic rings. The van der Waals surface area contributed by atoms with Crippen LogP contribution in [0.15, 0.2) is 18.2 Å². The number of rotatable bonds is 1. The highest BCUT2D eigenvalue weighted by Gasteiger charge is 2.43. The molecule has 0 aromatic heterocycles. The molecule has 5 heteroatoms. The second kappa shape index (κ2) is 4.89. The van der Waals surface area contributed by atoms with Crippen LogP contribution in [0.25, 0.3) is 0 Å². The SMILES string of the molecule is Cc1ccc(C(=O)N2CCN(C)C(=O)C2(C)C)c(F)c1. The normalized spacial score (nSPS) is 18.4. The van der Waals surface area contributed by atoms with Gasteiger partial charge < -0.3 is 9.80 Å². The van der Waals surface area contributed by atoms with E-state index in [1.54, 1.807) is 38.8 Å². The molecule has 0 N–H and O–H groups in total. The number of carbonyl (C=O) groups excluding carboxylic acids is 2. The minimum atomic E-state index is -0.957. The number of halogens is 1. The molecule has 1 fully saturated rings. The van der Waals surface area contributed by atoms with Crippen LogP contribution in [-0.2, 0) is 4.79 Å². The quantitative estimate of drug-likeness (QED) is 0.786. The van der Waals surface area contributed by atoms with E-state index in [0.29, 0.717) is 13.1 Å². The molecule has 2 rings (SSSR count). The van der Waals surface area contributed by atoms with Gasteiger partial charge in [0.2, 0.25) is 5.91 Å². The highest BCUT2D eigenvalue weighted by molar-refractivity contribution is 5.99. The van der Waals surface area contributed by atoms with Gasteiger partial charge in [0.1, 0.15) is 11.4 Å². The summed E-state index contributed by atoms with van der Waals surface area (Å²) in [7, 11) is 1.71. The van der Waals surface area contributed by atoms with Crippen LogP contribution in [0.2, 0.25) is 0 Å². The van der Waals surface area contributed by atoms with Crippen LogP contribution in [0.5, 0.6) is 0 Å². The summed E-state index contributed by atoms with van der Waals surface area (Å²) in [5.74, 6) is -1.12. The first-order valence-electron chi connectivity index (χ1n) is 6.59. The van der Waals surface area contributed by atoms with E-state index in [4.69, 9.17) is 0 Å². The molecule has 1 aromatic carbocycles. The van der Waals surface area contributed by atoms with Crippen molar-refractivity contribution in [1.29, 1.82) is 0 Å². The number of benzene rings is 1. The zero-order valence-corrected chi connectivity index (χ0v) is 12.2. The maximum atomic E-state index is 13.9. The van der Waals surface area contributed by atoms with Crippen molar-refractivity contribution in [2.24, 2.45) is 0 Å². The van der Waals surface area contributed by atoms with Crippen molar-refractivity contribution >= 4 is 11.8 Å². The molecule has 4 nitrogen and oxygen atoms in total. The number of nitrogens with zero attached hydrogens (tertiary/aromatic N) is 2. The summed E-state index contributed by atoms with van der Waals surface area (Å²) < 4.78 is 13.9. The van der Waals surface area contributed by atoms with E-state index >= 15 is 0 Å². The predicted molar refractivity (Wildman–Crippen MR) is 73.9 cm³/mol. The molecule has 0 bridgehead atoms. The molecule has 0 spiro atoms.